The van der Waals surface area contributed by atoms with E-state index in [9.17, 15) is 0 Å². The smallest absolute Gasteiger partial charge is 0.190 e. The van der Waals surface area contributed by atoms with Crippen molar-refractivity contribution >= 4 is 11.3 Å². The minimum Gasteiger partial charge on any atom is -0.326 e. The molecule has 1 N–H and O–H groups in total. The highest BCUT2D eigenvalue weighted by molar-refractivity contribution is 7.14. The van der Waals surface area contributed by atoms with Crippen molar-refractivity contribution in [1.29, 1.82) is 0 Å². The highest BCUT2D eigenvalue weighted by atomic mass is 32.1. The molecule has 2 aromatic rings. The average molecular weight is 180 g/mol. The third-order valence-corrected chi connectivity index (χ3v) is 2.67. The number of aryl methyl sites for hydroxylation is 1. The Morgan fingerprint density at radius 3 is 3.08 bits per heavy atom. The molecule has 0 bridgehead atoms. The first-order valence-electron chi connectivity index (χ1n) is 3.71. The number of rotatable bonds is 2. The lowest BCUT2D eigenvalue weighted by Gasteiger charge is -1.83. The Hall–Kier alpha value is -1.23. The Bertz CT molecular complexity index is 351. The van der Waals surface area contributed by atoms with Gasteiger partial charge in [0.05, 0.1) is 0 Å². The highest BCUT2D eigenvalue weighted by Crippen LogP contribution is 2.21. The van der Waals surface area contributed by atoms with Gasteiger partial charge in [0.2, 0.25) is 0 Å². The van der Waals surface area contributed by atoms with Gasteiger partial charge in [0.25, 0.3) is 0 Å². The lowest BCUT2D eigenvalue weighted by molar-refractivity contribution is 1.09. The van der Waals surface area contributed by atoms with Crippen LogP contribution in [0.15, 0.2) is 12.5 Å². The standard InChI is InChI=1S/C7H8N4S/c1-2-5-3-8-7(12-5)6-9-4-10-11-6/h3-4H,2H2,1H3,(H,9,10,11). The van der Waals surface area contributed by atoms with E-state index in [-0.39, 0.29) is 0 Å². The van der Waals surface area contributed by atoms with Crippen molar-refractivity contribution in [2.24, 2.45) is 0 Å². The summed E-state index contributed by atoms with van der Waals surface area (Å²) in [5.74, 6) is 0.750. The molecule has 0 fully saturated rings. The summed E-state index contributed by atoms with van der Waals surface area (Å²) in [7, 11) is 0. The summed E-state index contributed by atoms with van der Waals surface area (Å²) in [6.07, 6.45) is 4.46. The van der Waals surface area contributed by atoms with Gasteiger partial charge in [0.15, 0.2) is 10.8 Å². The number of nitrogens with zero attached hydrogens (tertiary/aromatic N) is 3. The maximum Gasteiger partial charge on any atom is 0.190 e. The zero-order chi connectivity index (χ0) is 8.39. The third-order valence-electron chi connectivity index (χ3n) is 1.52. The predicted octanol–water partition coefficient (Wildman–Crippen LogP) is 1.49. The summed E-state index contributed by atoms with van der Waals surface area (Å²) in [5, 5.41) is 8.48. The molecule has 0 saturated heterocycles. The van der Waals surface area contributed by atoms with Crippen LogP contribution in [-0.2, 0) is 6.42 Å². The maximum atomic E-state index is 4.21. The van der Waals surface area contributed by atoms with Crippen molar-refractivity contribution in [1.82, 2.24) is 20.2 Å². The van der Waals surface area contributed by atoms with E-state index in [1.807, 2.05) is 6.20 Å². The molecule has 0 saturated carbocycles. The van der Waals surface area contributed by atoms with E-state index in [1.54, 1.807) is 17.7 Å². The Kier molecular flexibility index (Phi) is 1.87. The fourth-order valence-electron chi connectivity index (χ4n) is 0.890. The van der Waals surface area contributed by atoms with Crippen LogP contribution in [0.4, 0.5) is 0 Å². The Morgan fingerprint density at radius 2 is 2.50 bits per heavy atom. The largest absolute Gasteiger partial charge is 0.326 e. The number of hydrogen-bond donors (Lipinski definition) is 1. The molecule has 0 aliphatic heterocycles. The first-order valence-corrected chi connectivity index (χ1v) is 4.53. The minimum atomic E-state index is 0.750. The van der Waals surface area contributed by atoms with Gasteiger partial charge in [-0.05, 0) is 6.42 Å². The molecule has 2 rings (SSSR count). The van der Waals surface area contributed by atoms with Gasteiger partial charge < -0.3 is 4.98 Å². The molecule has 0 spiro atoms. The van der Waals surface area contributed by atoms with Crippen molar-refractivity contribution in [2.45, 2.75) is 13.3 Å². The topological polar surface area (TPSA) is 54.5 Å². The second-order valence-electron chi connectivity index (χ2n) is 2.32. The number of hydrogen-bond acceptors (Lipinski definition) is 4. The first-order chi connectivity index (χ1) is 5.90. The van der Waals surface area contributed by atoms with Crippen LogP contribution in [0.25, 0.3) is 10.8 Å². The summed E-state index contributed by atoms with van der Waals surface area (Å²) in [6.45, 7) is 2.11. The number of aromatic nitrogens is 4. The van der Waals surface area contributed by atoms with E-state index in [2.05, 4.69) is 27.1 Å². The second kappa shape index (κ2) is 3.02. The van der Waals surface area contributed by atoms with Crippen LogP contribution in [0.5, 0.6) is 0 Å². The molecule has 0 aliphatic rings. The average Bonchev–Trinajstić information content (AvgIpc) is 2.75. The first kappa shape index (κ1) is 7.42. The lowest BCUT2D eigenvalue weighted by Crippen LogP contribution is -1.76. The van der Waals surface area contributed by atoms with Crippen molar-refractivity contribution in [3.05, 3.63) is 17.4 Å². The molecule has 0 atom stereocenters. The Morgan fingerprint density at radius 1 is 1.58 bits per heavy atom. The second-order valence-corrected chi connectivity index (χ2v) is 3.44. The molecule has 0 radical (unpaired) electrons. The SMILES string of the molecule is CCc1cnc(-c2nnc[nH]2)s1. The zero-order valence-corrected chi connectivity index (χ0v) is 7.43. The van der Waals surface area contributed by atoms with Crippen molar-refractivity contribution in [2.75, 3.05) is 0 Å². The molecule has 0 amide bonds. The van der Waals surface area contributed by atoms with Crippen molar-refractivity contribution in [3.8, 4) is 10.8 Å². The van der Waals surface area contributed by atoms with Crippen LogP contribution in [0.1, 0.15) is 11.8 Å². The van der Waals surface area contributed by atoms with Gasteiger partial charge in [0, 0.05) is 11.1 Å². The maximum absolute atomic E-state index is 4.21. The number of aromatic amines is 1. The lowest BCUT2D eigenvalue weighted by atomic mass is 10.4. The number of nitrogens with one attached hydrogen (secondary N) is 1. The summed E-state index contributed by atoms with van der Waals surface area (Å²) in [4.78, 5) is 8.40. The van der Waals surface area contributed by atoms with Crippen LogP contribution in [0.2, 0.25) is 0 Å². The zero-order valence-electron chi connectivity index (χ0n) is 6.61. The summed E-state index contributed by atoms with van der Waals surface area (Å²) < 4.78 is 0. The van der Waals surface area contributed by atoms with E-state index < -0.39 is 0 Å². The minimum absolute atomic E-state index is 0.750. The van der Waals surface area contributed by atoms with Gasteiger partial charge in [-0.1, -0.05) is 6.92 Å². The van der Waals surface area contributed by atoms with E-state index in [0.29, 0.717) is 0 Å². The quantitative estimate of drug-likeness (QED) is 0.761. The van der Waals surface area contributed by atoms with E-state index >= 15 is 0 Å². The summed E-state index contributed by atoms with van der Waals surface area (Å²) >= 11 is 1.65. The van der Waals surface area contributed by atoms with Crippen LogP contribution in [0, 0.1) is 0 Å². The fourth-order valence-corrected chi connectivity index (χ4v) is 1.69. The summed E-state index contributed by atoms with van der Waals surface area (Å²) in [5.41, 5.74) is 0. The molecular formula is C7H8N4S. The van der Waals surface area contributed by atoms with Gasteiger partial charge in [-0.15, -0.1) is 21.5 Å². The molecule has 0 aromatic carbocycles. The molecule has 2 aromatic heterocycles. The van der Waals surface area contributed by atoms with Crippen LogP contribution < -0.4 is 0 Å². The van der Waals surface area contributed by atoms with Gasteiger partial charge in [0.1, 0.15) is 6.33 Å². The third kappa shape index (κ3) is 1.23. The monoisotopic (exact) mass is 180 g/mol. The van der Waals surface area contributed by atoms with E-state index in [1.165, 1.54) is 4.88 Å². The molecule has 62 valence electrons. The number of thiazole rings is 1. The molecular weight excluding hydrogens is 172 g/mol. The Balaban J connectivity index is 2.35. The van der Waals surface area contributed by atoms with Crippen molar-refractivity contribution in [3.63, 3.8) is 0 Å². The molecule has 4 nitrogen and oxygen atoms in total. The van der Waals surface area contributed by atoms with E-state index in [4.69, 9.17) is 0 Å². The summed E-state index contributed by atoms with van der Waals surface area (Å²) in [6, 6.07) is 0. The highest BCUT2D eigenvalue weighted by Gasteiger charge is 2.05. The van der Waals surface area contributed by atoms with Crippen LogP contribution in [-0.4, -0.2) is 20.2 Å². The molecule has 5 heteroatoms. The molecule has 2 heterocycles. The molecule has 12 heavy (non-hydrogen) atoms. The van der Waals surface area contributed by atoms with Gasteiger partial charge >= 0.3 is 0 Å². The molecule has 0 unspecified atom stereocenters. The van der Waals surface area contributed by atoms with Gasteiger partial charge in [-0.2, -0.15) is 0 Å². The number of H-pyrrole nitrogens is 1. The Labute approximate surface area is 73.7 Å². The van der Waals surface area contributed by atoms with Gasteiger partial charge in [-0.3, -0.25) is 0 Å². The van der Waals surface area contributed by atoms with Crippen molar-refractivity contribution < 1.29 is 0 Å². The van der Waals surface area contributed by atoms with E-state index in [0.717, 1.165) is 17.3 Å². The van der Waals surface area contributed by atoms with Crippen LogP contribution in [0.3, 0.4) is 0 Å². The predicted molar refractivity (Wildman–Crippen MR) is 46.9 cm³/mol. The van der Waals surface area contributed by atoms with Crippen LogP contribution >= 0.6 is 11.3 Å². The molecule has 0 aliphatic carbocycles. The fraction of sp³-hybridized carbons (Fsp3) is 0.286. The van der Waals surface area contributed by atoms with Gasteiger partial charge in [-0.25, -0.2) is 4.98 Å². The normalized spacial score (nSPS) is 10.4.